The third kappa shape index (κ3) is 4.05. The van der Waals surface area contributed by atoms with Gasteiger partial charge in [-0.15, -0.1) is 5.10 Å². The summed E-state index contributed by atoms with van der Waals surface area (Å²) in [5.74, 6) is 2.07. The fraction of sp³-hybridized carbons (Fsp3) is 0.136. The number of thiazole rings is 1. The van der Waals surface area contributed by atoms with Gasteiger partial charge in [-0.25, -0.2) is 0 Å². The normalized spacial score (nSPS) is 11.7. The van der Waals surface area contributed by atoms with Crippen LogP contribution in [-0.4, -0.2) is 27.8 Å². The van der Waals surface area contributed by atoms with Crippen LogP contribution in [0.4, 0.5) is 0 Å². The summed E-state index contributed by atoms with van der Waals surface area (Å²) in [5, 5.41) is 4.38. The highest BCUT2D eigenvalue weighted by Crippen LogP contribution is 2.20. The van der Waals surface area contributed by atoms with Crippen molar-refractivity contribution in [2.45, 2.75) is 6.92 Å². The number of benzene rings is 2. The van der Waals surface area contributed by atoms with Crippen molar-refractivity contribution in [3.8, 4) is 22.9 Å². The maximum atomic E-state index is 12.7. The van der Waals surface area contributed by atoms with E-state index in [-0.39, 0.29) is 5.56 Å². The molecule has 0 N–H and O–H groups in total. The third-order valence-electron chi connectivity index (χ3n) is 4.15. The van der Waals surface area contributed by atoms with Crippen LogP contribution in [0.25, 0.3) is 22.4 Å². The molecule has 146 valence electrons. The molecule has 4 aromatic rings. The van der Waals surface area contributed by atoms with Crippen LogP contribution in [0.3, 0.4) is 0 Å². The fourth-order valence-electron chi connectivity index (χ4n) is 2.79. The van der Waals surface area contributed by atoms with Crippen LogP contribution in [0.1, 0.15) is 12.5 Å². The highest BCUT2D eigenvalue weighted by molar-refractivity contribution is 7.15. The Balaban J connectivity index is 1.62. The Morgan fingerprint density at radius 2 is 1.76 bits per heavy atom. The van der Waals surface area contributed by atoms with E-state index in [1.54, 1.807) is 6.08 Å². The molecule has 0 aliphatic carbocycles. The molecule has 2 aromatic heterocycles. The molecular formula is C22H19N3O3S. The number of ether oxygens (including phenoxy) is 2. The number of hydrogen-bond donors (Lipinski definition) is 0. The van der Waals surface area contributed by atoms with Gasteiger partial charge in [0.1, 0.15) is 18.1 Å². The van der Waals surface area contributed by atoms with E-state index in [0.29, 0.717) is 28.5 Å². The van der Waals surface area contributed by atoms with Crippen molar-refractivity contribution in [3.05, 3.63) is 81.6 Å². The maximum Gasteiger partial charge on any atom is 0.291 e. The largest absolute Gasteiger partial charge is 0.494 e. The molecule has 0 aliphatic heterocycles. The van der Waals surface area contributed by atoms with Gasteiger partial charge in [-0.05, 0) is 55.0 Å². The average molecular weight is 405 g/mol. The highest BCUT2D eigenvalue weighted by atomic mass is 32.1. The summed E-state index contributed by atoms with van der Waals surface area (Å²) >= 11 is 1.32. The molecule has 29 heavy (non-hydrogen) atoms. The molecule has 6 nitrogen and oxygen atoms in total. The van der Waals surface area contributed by atoms with E-state index in [1.165, 1.54) is 15.9 Å². The first-order valence-corrected chi connectivity index (χ1v) is 9.98. The number of rotatable bonds is 7. The lowest BCUT2D eigenvalue weighted by atomic mass is 10.2. The van der Waals surface area contributed by atoms with Crippen LogP contribution in [0.15, 0.2) is 66.0 Å². The van der Waals surface area contributed by atoms with Crippen LogP contribution in [-0.2, 0) is 0 Å². The summed E-state index contributed by atoms with van der Waals surface area (Å²) in [6.07, 6.45) is 3.52. The Hall–Kier alpha value is -3.45. The molecule has 2 aromatic carbocycles. The quantitative estimate of drug-likeness (QED) is 0.441. The molecule has 0 spiro atoms. The van der Waals surface area contributed by atoms with Crippen molar-refractivity contribution in [2.75, 3.05) is 13.2 Å². The molecule has 4 rings (SSSR count). The van der Waals surface area contributed by atoms with Gasteiger partial charge >= 0.3 is 0 Å². The van der Waals surface area contributed by atoms with Crippen molar-refractivity contribution in [1.82, 2.24) is 14.6 Å². The summed E-state index contributed by atoms with van der Waals surface area (Å²) < 4.78 is 12.9. The molecule has 0 atom stereocenters. The minimum absolute atomic E-state index is 0.179. The van der Waals surface area contributed by atoms with E-state index in [1.807, 2.05) is 61.5 Å². The predicted octanol–water partition coefficient (Wildman–Crippen LogP) is 3.33. The number of aromatic nitrogens is 3. The van der Waals surface area contributed by atoms with Gasteiger partial charge in [0, 0.05) is 5.56 Å². The Kier molecular flexibility index (Phi) is 5.39. The first-order chi connectivity index (χ1) is 14.2. The summed E-state index contributed by atoms with van der Waals surface area (Å²) in [6, 6.07) is 15.0. The molecule has 2 heterocycles. The zero-order valence-electron chi connectivity index (χ0n) is 15.9. The van der Waals surface area contributed by atoms with Gasteiger partial charge in [0.2, 0.25) is 4.96 Å². The second kappa shape index (κ2) is 8.28. The van der Waals surface area contributed by atoms with Gasteiger partial charge < -0.3 is 9.47 Å². The predicted molar refractivity (Wildman–Crippen MR) is 115 cm³/mol. The van der Waals surface area contributed by atoms with Crippen LogP contribution in [0.5, 0.6) is 11.5 Å². The molecule has 0 saturated heterocycles. The number of fused-ring (bicyclic) bond motifs is 1. The summed E-state index contributed by atoms with van der Waals surface area (Å²) in [6.45, 7) is 6.63. The van der Waals surface area contributed by atoms with Gasteiger partial charge in [-0.3, -0.25) is 4.79 Å². The summed E-state index contributed by atoms with van der Waals surface area (Å²) in [4.78, 5) is 17.8. The number of nitrogens with zero attached hydrogens (tertiary/aromatic N) is 3. The Labute approximate surface area is 171 Å². The second-order valence-corrected chi connectivity index (χ2v) is 7.18. The van der Waals surface area contributed by atoms with E-state index < -0.39 is 0 Å². The zero-order valence-corrected chi connectivity index (χ0v) is 16.7. The molecule has 0 radical (unpaired) electrons. The lowest BCUT2D eigenvalue weighted by Gasteiger charge is -2.02. The van der Waals surface area contributed by atoms with E-state index in [2.05, 4.69) is 16.7 Å². The van der Waals surface area contributed by atoms with E-state index >= 15 is 0 Å². The first-order valence-electron chi connectivity index (χ1n) is 9.16. The molecular weight excluding hydrogens is 386 g/mol. The highest BCUT2D eigenvalue weighted by Gasteiger charge is 2.12. The summed E-state index contributed by atoms with van der Waals surface area (Å²) in [5.41, 5.74) is 1.57. The maximum absolute atomic E-state index is 12.7. The van der Waals surface area contributed by atoms with Gasteiger partial charge in [-0.2, -0.15) is 9.50 Å². The van der Waals surface area contributed by atoms with Gasteiger partial charge in [0.05, 0.1) is 11.1 Å². The van der Waals surface area contributed by atoms with Crippen LogP contribution >= 0.6 is 11.3 Å². The Morgan fingerprint density at radius 3 is 2.41 bits per heavy atom. The van der Waals surface area contributed by atoms with Crippen LogP contribution < -0.4 is 19.6 Å². The standard InChI is InChI=1S/C22H19N3O3S/c1-3-13-28-18-9-5-15(6-10-18)14-19-21(26)25-22(29-19)23-20(24-25)16-7-11-17(12-8-16)27-4-2/h3,5-12,14H,1,4,13H2,2H3/b19-14-. The Morgan fingerprint density at radius 1 is 1.07 bits per heavy atom. The van der Waals surface area contributed by atoms with E-state index in [0.717, 1.165) is 22.6 Å². The molecule has 0 bridgehead atoms. The minimum atomic E-state index is -0.179. The lowest BCUT2D eigenvalue weighted by Crippen LogP contribution is -2.23. The first kappa shape index (κ1) is 18.9. The summed E-state index contributed by atoms with van der Waals surface area (Å²) in [7, 11) is 0. The van der Waals surface area contributed by atoms with E-state index in [4.69, 9.17) is 9.47 Å². The van der Waals surface area contributed by atoms with Crippen LogP contribution in [0, 0.1) is 0 Å². The van der Waals surface area contributed by atoms with Crippen molar-refractivity contribution in [2.24, 2.45) is 0 Å². The minimum Gasteiger partial charge on any atom is -0.494 e. The molecule has 0 amide bonds. The van der Waals surface area contributed by atoms with Gasteiger partial charge in [0.25, 0.3) is 5.56 Å². The SMILES string of the molecule is C=CCOc1ccc(/C=c2\sc3nc(-c4ccc(OCC)cc4)nn3c2=O)cc1. The Bertz CT molecular complexity index is 1240. The molecule has 0 fully saturated rings. The second-order valence-electron chi connectivity index (χ2n) is 6.17. The number of hydrogen-bond acceptors (Lipinski definition) is 6. The van der Waals surface area contributed by atoms with Crippen molar-refractivity contribution < 1.29 is 9.47 Å². The van der Waals surface area contributed by atoms with Crippen molar-refractivity contribution >= 4 is 22.4 Å². The monoisotopic (exact) mass is 405 g/mol. The fourth-order valence-corrected chi connectivity index (χ4v) is 3.70. The zero-order chi connectivity index (χ0) is 20.2. The molecule has 0 aliphatic rings. The van der Waals surface area contributed by atoms with Crippen molar-refractivity contribution in [3.63, 3.8) is 0 Å². The molecule has 0 saturated carbocycles. The van der Waals surface area contributed by atoms with Gasteiger partial charge in [0.15, 0.2) is 5.82 Å². The van der Waals surface area contributed by atoms with Gasteiger partial charge in [-0.1, -0.05) is 36.1 Å². The van der Waals surface area contributed by atoms with Crippen LogP contribution in [0.2, 0.25) is 0 Å². The van der Waals surface area contributed by atoms with Crippen molar-refractivity contribution in [1.29, 1.82) is 0 Å². The topological polar surface area (TPSA) is 65.7 Å². The smallest absolute Gasteiger partial charge is 0.291 e. The molecule has 7 heteroatoms. The lowest BCUT2D eigenvalue weighted by molar-refractivity contribution is 0.340. The third-order valence-corrected chi connectivity index (χ3v) is 5.11. The molecule has 0 unspecified atom stereocenters. The van der Waals surface area contributed by atoms with E-state index in [9.17, 15) is 4.79 Å². The average Bonchev–Trinajstić information content (AvgIpc) is 3.28.